The summed E-state index contributed by atoms with van der Waals surface area (Å²) >= 11 is 0. The van der Waals surface area contributed by atoms with Gasteiger partial charge in [0.05, 0.1) is 6.61 Å². The number of carbonyl (C=O) groups excluding carboxylic acids is 2. The van der Waals surface area contributed by atoms with Crippen LogP contribution in [0.25, 0.3) is 0 Å². The first-order valence-electron chi connectivity index (χ1n) is 15.2. The van der Waals surface area contributed by atoms with Gasteiger partial charge in [0.15, 0.2) is 18.0 Å². The Morgan fingerprint density at radius 2 is 1.06 bits per heavy atom. The van der Waals surface area contributed by atoms with Crippen molar-refractivity contribution in [1.82, 2.24) is 0 Å². The van der Waals surface area contributed by atoms with Crippen molar-refractivity contribution >= 4 is 11.8 Å². The fourth-order valence-corrected chi connectivity index (χ4v) is 4.38. The van der Waals surface area contributed by atoms with Gasteiger partial charge in [-0.25, -0.2) is 0 Å². The lowest BCUT2D eigenvalue weighted by Gasteiger charge is -2.20. The van der Waals surface area contributed by atoms with Gasteiger partial charge in [-0.2, -0.15) is 0 Å². The van der Waals surface area contributed by atoms with Crippen molar-refractivity contribution in [2.45, 2.75) is 167 Å². The summed E-state index contributed by atoms with van der Waals surface area (Å²) < 4.78 is 5.19. The Morgan fingerprint density at radius 3 is 1.53 bits per heavy atom. The first-order valence-corrected chi connectivity index (χ1v) is 15.2. The second-order valence-electron chi connectivity index (χ2n) is 10.3. The Labute approximate surface area is 222 Å². The minimum Gasteiger partial charge on any atom is -0.457 e. The molecule has 5 nitrogen and oxygen atoms in total. The van der Waals surface area contributed by atoms with Crippen LogP contribution in [-0.2, 0) is 14.3 Å². The fourth-order valence-electron chi connectivity index (χ4n) is 4.38. The molecule has 36 heavy (non-hydrogen) atoms. The SMILES string of the molecule is CCCCCCCC/C=C\CCCCCCCC(=O)C(O)C(CO)OC(=O)CCCCCCCCC. The number of aliphatic hydroxyl groups excluding tert-OH is 2. The van der Waals surface area contributed by atoms with Crippen LogP contribution in [0.2, 0.25) is 0 Å². The molecule has 0 fully saturated rings. The molecule has 2 unspecified atom stereocenters. The molecule has 0 saturated heterocycles. The zero-order valence-corrected chi connectivity index (χ0v) is 23.7. The molecular weight excluding hydrogens is 452 g/mol. The normalized spacial score (nSPS) is 13.2. The van der Waals surface area contributed by atoms with E-state index in [2.05, 4.69) is 26.0 Å². The van der Waals surface area contributed by atoms with Crippen molar-refractivity contribution in [2.24, 2.45) is 0 Å². The molecular formula is C31H58O5. The highest BCUT2D eigenvalue weighted by Crippen LogP contribution is 2.13. The molecule has 0 saturated carbocycles. The molecule has 0 aromatic carbocycles. The van der Waals surface area contributed by atoms with Crippen LogP contribution >= 0.6 is 0 Å². The maximum atomic E-state index is 12.3. The number of unbranched alkanes of at least 4 members (excludes halogenated alkanes) is 17. The van der Waals surface area contributed by atoms with Gasteiger partial charge in [-0.1, -0.05) is 116 Å². The predicted molar refractivity (Wildman–Crippen MR) is 150 cm³/mol. The van der Waals surface area contributed by atoms with Crippen LogP contribution < -0.4 is 0 Å². The molecule has 2 atom stereocenters. The van der Waals surface area contributed by atoms with Gasteiger partial charge < -0.3 is 14.9 Å². The molecule has 0 rings (SSSR count). The smallest absolute Gasteiger partial charge is 0.306 e. The number of Topliss-reactive ketones (excluding diaryl/α,β-unsaturated/α-hetero) is 1. The molecule has 0 radical (unpaired) electrons. The van der Waals surface area contributed by atoms with Crippen molar-refractivity contribution in [3.8, 4) is 0 Å². The second-order valence-corrected chi connectivity index (χ2v) is 10.3. The fraction of sp³-hybridized carbons (Fsp3) is 0.871. The number of carbonyl (C=O) groups is 2. The van der Waals surface area contributed by atoms with E-state index >= 15 is 0 Å². The lowest BCUT2D eigenvalue weighted by molar-refractivity contribution is -0.161. The van der Waals surface area contributed by atoms with Gasteiger partial charge in [-0.05, 0) is 38.5 Å². The summed E-state index contributed by atoms with van der Waals surface area (Å²) in [5, 5.41) is 19.7. The summed E-state index contributed by atoms with van der Waals surface area (Å²) in [6.07, 6.45) is 25.7. The van der Waals surface area contributed by atoms with Crippen molar-refractivity contribution in [3.05, 3.63) is 12.2 Å². The first-order chi connectivity index (χ1) is 17.6. The number of hydrogen-bond donors (Lipinski definition) is 2. The van der Waals surface area contributed by atoms with Crippen molar-refractivity contribution < 1.29 is 24.5 Å². The number of hydrogen-bond acceptors (Lipinski definition) is 5. The van der Waals surface area contributed by atoms with Gasteiger partial charge in [-0.15, -0.1) is 0 Å². The van der Waals surface area contributed by atoms with Crippen LogP contribution in [-0.4, -0.2) is 40.8 Å². The van der Waals surface area contributed by atoms with Crippen LogP contribution in [0.4, 0.5) is 0 Å². The summed E-state index contributed by atoms with van der Waals surface area (Å²) in [5.74, 6) is -0.800. The third-order valence-corrected chi connectivity index (χ3v) is 6.81. The van der Waals surface area contributed by atoms with Crippen molar-refractivity contribution in [2.75, 3.05) is 6.61 Å². The van der Waals surface area contributed by atoms with Crippen LogP contribution in [0, 0.1) is 0 Å². The number of esters is 1. The maximum Gasteiger partial charge on any atom is 0.306 e. The molecule has 0 amide bonds. The van der Waals surface area contributed by atoms with Gasteiger partial charge in [0, 0.05) is 12.8 Å². The lowest BCUT2D eigenvalue weighted by Crippen LogP contribution is -2.40. The minimum absolute atomic E-state index is 0.255. The minimum atomic E-state index is -1.44. The molecule has 0 heterocycles. The predicted octanol–water partition coefficient (Wildman–Crippen LogP) is 8.00. The number of rotatable bonds is 27. The summed E-state index contributed by atoms with van der Waals surface area (Å²) in [4.78, 5) is 24.3. The van der Waals surface area contributed by atoms with Gasteiger partial charge >= 0.3 is 5.97 Å². The van der Waals surface area contributed by atoms with E-state index in [4.69, 9.17) is 4.74 Å². The monoisotopic (exact) mass is 510 g/mol. The molecule has 0 aliphatic carbocycles. The highest BCUT2D eigenvalue weighted by molar-refractivity contribution is 5.83. The number of ether oxygens (including phenoxy) is 1. The highest BCUT2D eigenvalue weighted by Gasteiger charge is 2.28. The Kier molecular flexibility index (Phi) is 26.0. The average Bonchev–Trinajstić information content (AvgIpc) is 2.88. The van der Waals surface area contributed by atoms with Gasteiger partial charge in [0.1, 0.15) is 0 Å². The lowest BCUT2D eigenvalue weighted by atomic mass is 10.0. The molecule has 0 bridgehead atoms. The molecule has 0 aromatic rings. The topological polar surface area (TPSA) is 83.8 Å². The second kappa shape index (κ2) is 26.9. The Hall–Kier alpha value is -1.20. The average molecular weight is 511 g/mol. The van der Waals surface area contributed by atoms with Gasteiger partial charge in [-0.3, -0.25) is 9.59 Å². The van der Waals surface area contributed by atoms with E-state index in [1.165, 1.54) is 77.0 Å². The maximum absolute atomic E-state index is 12.3. The highest BCUT2D eigenvalue weighted by atomic mass is 16.6. The Morgan fingerprint density at radius 1 is 0.639 bits per heavy atom. The third kappa shape index (κ3) is 22.0. The Bertz CT molecular complexity index is 531. The van der Waals surface area contributed by atoms with Crippen LogP contribution in [0.1, 0.15) is 155 Å². The molecule has 0 spiro atoms. The first kappa shape index (κ1) is 34.8. The number of ketones is 1. The molecule has 2 N–H and O–H groups in total. The van der Waals surface area contributed by atoms with Crippen LogP contribution in [0.15, 0.2) is 12.2 Å². The van der Waals surface area contributed by atoms with Crippen LogP contribution in [0.5, 0.6) is 0 Å². The zero-order chi connectivity index (χ0) is 26.7. The third-order valence-electron chi connectivity index (χ3n) is 6.81. The molecule has 0 aromatic heterocycles. The van der Waals surface area contributed by atoms with E-state index in [1.807, 2.05) is 0 Å². The molecule has 5 heteroatoms. The van der Waals surface area contributed by atoms with E-state index in [1.54, 1.807) is 0 Å². The van der Waals surface area contributed by atoms with E-state index in [0.29, 0.717) is 6.42 Å². The standard InChI is InChI=1S/C31H58O5/c1-3-5-7-9-11-12-13-14-15-16-17-18-20-21-23-25-28(33)31(35)29(27-32)36-30(34)26-24-22-19-10-8-6-4-2/h14-15,29,31-32,35H,3-13,16-27H2,1-2H3/b15-14-. The zero-order valence-electron chi connectivity index (χ0n) is 23.7. The van der Waals surface area contributed by atoms with Crippen molar-refractivity contribution in [3.63, 3.8) is 0 Å². The summed E-state index contributed by atoms with van der Waals surface area (Å²) in [6.45, 7) is 3.90. The number of aliphatic hydroxyl groups is 2. The largest absolute Gasteiger partial charge is 0.457 e. The van der Waals surface area contributed by atoms with Gasteiger partial charge in [0.25, 0.3) is 0 Å². The number of allylic oxidation sites excluding steroid dienone is 2. The van der Waals surface area contributed by atoms with Crippen LogP contribution in [0.3, 0.4) is 0 Å². The molecule has 212 valence electrons. The summed E-state index contributed by atoms with van der Waals surface area (Å²) in [7, 11) is 0. The van der Waals surface area contributed by atoms with Crippen molar-refractivity contribution in [1.29, 1.82) is 0 Å². The quantitative estimate of drug-likeness (QED) is 0.0664. The van der Waals surface area contributed by atoms with E-state index in [-0.39, 0.29) is 18.6 Å². The van der Waals surface area contributed by atoms with E-state index in [9.17, 15) is 19.8 Å². The Balaban J connectivity index is 3.76. The van der Waals surface area contributed by atoms with Gasteiger partial charge in [0.2, 0.25) is 0 Å². The van der Waals surface area contributed by atoms with E-state index in [0.717, 1.165) is 44.9 Å². The van der Waals surface area contributed by atoms with E-state index < -0.39 is 24.8 Å². The summed E-state index contributed by atoms with van der Waals surface area (Å²) in [5.41, 5.74) is 0. The summed E-state index contributed by atoms with van der Waals surface area (Å²) in [6, 6.07) is 0. The molecule has 0 aliphatic rings. The molecule has 0 aliphatic heterocycles.